The van der Waals surface area contributed by atoms with Crippen LogP contribution in [0.25, 0.3) is 0 Å². The number of methoxy groups -OCH3 is 1. The Morgan fingerprint density at radius 2 is 1.46 bits per heavy atom. The fourth-order valence-electron chi connectivity index (χ4n) is 1.84. The van der Waals surface area contributed by atoms with Crippen LogP contribution in [-0.2, 0) is 4.74 Å². The standard InChI is InChI=1S/C16H13Cl3N2O2S/c1-23-15(22)21(24-16(17,18)19)20-14(12-8-4-2-5-9-12)13-10-6-3-7-11-13/h2-11H,1H3. The van der Waals surface area contributed by atoms with Gasteiger partial charge in [0.15, 0.2) is 0 Å². The van der Waals surface area contributed by atoms with Crippen molar-refractivity contribution in [2.75, 3.05) is 7.11 Å². The van der Waals surface area contributed by atoms with Gasteiger partial charge in [-0.1, -0.05) is 95.5 Å². The first-order chi connectivity index (χ1) is 11.4. The van der Waals surface area contributed by atoms with Crippen molar-refractivity contribution in [1.82, 2.24) is 4.41 Å². The van der Waals surface area contributed by atoms with E-state index in [-0.39, 0.29) is 0 Å². The molecule has 126 valence electrons. The molecule has 0 bridgehead atoms. The lowest BCUT2D eigenvalue weighted by Gasteiger charge is -2.20. The number of nitrogens with zero attached hydrogens (tertiary/aromatic N) is 2. The van der Waals surface area contributed by atoms with Crippen LogP contribution in [0.2, 0.25) is 0 Å². The van der Waals surface area contributed by atoms with Crippen LogP contribution in [0, 0.1) is 0 Å². The molecule has 0 radical (unpaired) electrons. The number of halogens is 3. The van der Waals surface area contributed by atoms with Gasteiger partial charge < -0.3 is 4.74 Å². The smallest absolute Gasteiger partial charge is 0.440 e. The molecule has 0 atom stereocenters. The maximum absolute atomic E-state index is 12.0. The molecule has 0 aliphatic heterocycles. The molecule has 0 spiro atoms. The number of hydrogen-bond acceptors (Lipinski definition) is 4. The molecule has 0 saturated heterocycles. The van der Waals surface area contributed by atoms with E-state index >= 15 is 0 Å². The van der Waals surface area contributed by atoms with Crippen molar-refractivity contribution in [3.8, 4) is 0 Å². The predicted octanol–water partition coefficient (Wildman–Crippen LogP) is 5.48. The minimum atomic E-state index is -1.77. The topological polar surface area (TPSA) is 41.9 Å². The maximum atomic E-state index is 12.0. The second-order valence-corrected chi connectivity index (χ2v) is 8.56. The number of hydrogen-bond donors (Lipinski definition) is 0. The van der Waals surface area contributed by atoms with Gasteiger partial charge in [-0.25, -0.2) is 4.79 Å². The van der Waals surface area contributed by atoms with Crippen LogP contribution in [0.4, 0.5) is 4.79 Å². The molecule has 0 unspecified atom stereocenters. The van der Waals surface area contributed by atoms with Gasteiger partial charge >= 0.3 is 6.09 Å². The number of alkyl halides is 3. The number of rotatable bonds is 4. The summed E-state index contributed by atoms with van der Waals surface area (Å²) in [5.41, 5.74) is 2.16. The quantitative estimate of drug-likeness (QED) is 0.294. The van der Waals surface area contributed by atoms with E-state index in [2.05, 4.69) is 5.10 Å². The van der Waals surface area contributed by atoms with Crippen LogP contribution < -0.4 is 0 Å². The molecule has 2 aromatic carbocycles. The first kappa shape index (κ1) is 18.9. The van der Waals surface area contributed by atoms with Gasteiger partial charge in [0.05, 0.1) is 12.8 Å². The summed E-state index contributed by atoms with van der Waals surface area (Å²) >= 11 is 18.0. The Kier molecular flexibility index (Phi) is 6.80. The molecule has 0 aromatic heterocycles. The van der Waals surface area contributed by atoms with E-state index < -0.39 is 9.22 Å². The average molecular weight is 404 g/mol. The third-order valence-electron chi connectivity index (χ3n) is 2.81. The van der Waals surface area contributed by atoms with E-state index in [1.165, 1.54) is 7.11 Å². The summed E-state index contributed by atoms with van der Waals surface area (Å²) in [6, 6.07) is 18.8. The zero-order valence-corrected chi connectivity index (χ0v) is 15.6. The lowest BCUT2D eigenvalue weighted by Crippen LogP contribution is -2.24. The van der Waals surface area contributed by atoms with Crippen molar-refractivity contribution in [2.24, 2.45) is 5.10 Å². The van der Waals surface area contributed by atoms with Crippen molar-refractivity contribution >= 4 is 58.6 Å². The molecule has 1 amide bonds. The van der Waals surface area contributed by atoms with E-state index in [0.717, 1.165) is 15.5 Å². The zero-order valence-electron chi connectivity index (χ0n) is 12.5. The largest absolute Gasteiger partial charge is 0.451 e. The van der Waals surface area contributed by atoms with Crippen LogP contribution in [0.5, 0.6) is 0 Å². The Morgan fingerprint density at radius 3 is 1.83 bits per heavy atom. The van der Waals surface area contributed by atoms with Gasteiger partial charge in [0, 0.05) is 23.1 Å². The second kappa shape index (κ2) is 8.62. The summed E-state index contributed by atoms with van der Waals surface area (Å²) in [5.74, 6) is 0. The molecular formula is C16H13Cl3N2O2S. The molecule has 2 aromatic rings. The maximum Gasteiger partial charge on any atom is 0.440 e. The van der Waals surface area contributed by atoms with E-state index in [9.17, 15) is 4.79 Å². The molecule has 4 nitrogen and oxygen atoms in total. The molecule has 8 heteroatoms. The van der Waals surface area contributed by atoms with Crippen LogP contribution in [0.1, 0.15) is 11.1 Å². The monoisotopic (exact) mass is 402 g/mol. The van der Waals surface area contributed by atoms with Crippen LogP contribution >= 0.6 is 46.8 Å². The fraction of sp³-hybridized carbons (Fsp3) is 0.125. The first-order valence-electron chi connectivity index (χ1n) is 6.74. The van der Waals surface area contributed by atoms with E-state index in [0.29, 0.717) is 17.7 Å². The summed E-state index contributed by atoms with van der Waals surface area (Å²) in [6.07, 6.45) is -0.754. The summed E-state index contributed by atoms with van der Waals surface area (Å²) in [5, 5.41) is 4.36. The molecular weight excluding hydrogens is 391 g/mol. The first-order valence-corrected chi connectivity index (χ1v) is 8.65. The van der Waals surface area contributed by atoms with E-state index in [1.54, 1.807) is 0 Å². The minimum Gasteiger partial charge on any atom is -0.451 e. The molecule has 0 saturated carbocycles. The number of amides is 1. The Labute approximate surface area is 159 Å². The van der Waals surface area contributed by atoms with Crippen molar-refractivity contribution in [3.05, 3.63) is 71.8 Å². The summed E-state index contributed by atoms with van der Waals surface area (Å²) in [6.45, 7) is 0. The highest BCUT2D eigenvalue weighted by Crippen LogP contribution is 2.41. The predicted molar refractivity (Wildman–Crippen MR) is 101 cm³/mol. The van der Waals surface area contributed by atoms with Crippen molar-refractivity contribution < 1.29 is 9.53 Å². The third kappa shape index (κ3) is 5.60. The Hall–Kier alpha value is -1.40. The van der Waals surface area contributed by atoms with Crippen LogP contribution in [0.15, 0.2) is 65.8 Å². The fourth-order valence-corrected chi connectivity index (χ4v) is 2.90. The SMILES string of the molecule is COC(=O)N(N=C(c1ccccc1)c1ccccc1)SC(Cl)(Cl)Cl. The lowest BCUT2D eigenvalue weighted by atomic mass is 10.0. The number of benzene rings is 2. The molecule has 0 aliphatic carbocycles. The zero-order chi connectivity index (χ0) is 17.6. The van der Waals surface area contributed by atoms with Gasteiger partial charge in [-0.2, -0.15) is 5.10 Å². The van der Waals surface area contributed by atoms with Gasteiger partial charge in [0.1, 0.15) is 0 Å². The van der Waals surface area contributed by atoms with E-state index in [4.69, 9.17) is 39.5 Å². The Morgan fingerprint density at radius 1 is 1.00 bits per heavy atom. The van der Waals surface area contributed by atoms with Gasteiger partial charge in [-0.15, -0.1) is 4.41 Å². The van der Waals surface area contributed by atoms with Gasteiger partial charge in [0.25, 0.3) is 3.12 Å². The number of carbonyl (C=O) groups is 1. The highest BCUT2D eigenvalue weighted by atomic mass is 35.6. The summed E-state index contributed by atoms with van der Waals surface area (Å²) in [4.78, 5) is 12.0. The minimum absolute atomic E-state index is 0.545. The highest BCUT2D eigenvalue weighted by molar-refractivity contribution is 8.03. The van der Waals surface area contributed by atoms with Crippen LogP contribution in [0.3, 0.4) is 0 Å². The van der Waals surface area contributed by atoms with Crippen LogP contribution in [-0.4, -0.2) is 26.5 Å². The third-order valence-corrected chi connectivity index (χ3v) is 4.04. The number of carbonyl (C=O) groups excluding carboxylic acids is 1. The number of ether oxygens (including phenoxy) is 1. The van der Waals surface area contributed by atoms with Gasteiger partial charge in [-0.3, -0.25) is 0 Å². The lowest BCUT2D eigenvalue weighted by molar-refractivity contribution is 0.153. The summed E-state index contributed by atoms with van der Waals surface area (Å²) < 4.78 is 3.87. The average Bonchev–Trinajstić information content (AvgIpc) is 2.58. The van der Waals surface area contributed by atoms with Crippen molar-refractivity contribution in [2.45, 2.75) is 3.12 Å². The molecule has 0 fully saturated rings. The summed E-state index contributed by atoms with van der Waals surface area (Å²) in [7, 11) is 1.23. The number of hydrazone groups is 1. The normalized spacial score (nSPS) is 10.8. The highest BCUT2D eigenvalue weighted by Gasteiger charge is 2.30. The van der Waals surface area contributed by atoms with Crippen molar-refractivity contribution in [3.63, 3.8) is 0 Å². The molecule has 0 aliphatic rings. The van der Waals surface area contributed by atoms with Gasteiger partial charge in [0.2, 0.25) is 0 Å². The van der Waals surface area contributed by atoms with Crippen molar-refractivity contribution in [1.29, 1.82) is 0 Å². The molecule has 2 rings (SSSR count). The Bertz CT molecular complexity index is 665. The molecule has 0 N–H and O–H groups in total. The molecule has 24 heavy (non-hydrogen) atoms. The van der Waals surface area contributed by atoms with E-state index in [1.807, 2.05) is 60.7 Å². The Balaban J connectivity index is 2.51. The second-order valence-electron chi connectivity index (χ2n) is 4.46. The molecule has 0 heterocycles. The van der Waals surface area contributed by atoms with Gasteiger partial charge in [-0.05, 0) is 0 Å².